The molecule has 4 heterocycles. The molecule has 0 aliphatic carbocycles. The molecule has 0 spiro atoms. The molecule has 152 valence electrons. The number of H-pyrrole nitrogens is 1. The van der Waals surface area contributed by atoms with E-state index in [1.54, 1.807) is 0 Å². The van der Waals surface area contributed by atoms with Crippen molar-refractivity contribution in [2.24, 2.45) is 0 Å². The number of hydrogen-bond acceptors (Lipinski definition) is 4. The summed E-state index contributed by atoms with van der Waals surface area (Å²) in [6, 6.07) is 6.11. The topological polar surface area (TPSA) is 79.7 Å². The fraction of sp³-hybridized carbons (Fsp3) is 0.455. The molecule has 4 rings (SSSR count). The van der Waals surface area contributed by atoms with Gasteiger partial charge in [-0.2, -0.15) is 10.2 Å². The van der Waals surface area contributed by atoms with Crippen LogP contribution in [-0.4, -0.2) is 48.9 Å². The van der Waals surface area contributed by atoms with Crippen LogP contribution in [-0.2, 0) is 6.54 Å². The first kappa shape index (κ1) is 19.4. The molecule has 1 atom stereocenters. The molecule has 1 aliphatic rings. The Morgan fingerprint density at radius 1 is 1.28 bits per heavy atom. The fourth-order valence-corrected chi connectivity index (χ4v) is 3.85. The van der Waals surface area contributed by atoms with Gasteiger partial charge in [0.05, 0.1) is 11.9 Å². The standard InChI is InChI=1S/C22H28N6O/c1-5-28-13-18(11-23-28)17-8-15(4)24-20(9-17)16-6-7-27(12-16)22(29)21-10-19(14(2)3)25-26-21/h8-11,13-14,16H,5-7,12H2,1-4H3,(H,25,26). The van der Waals surface area contributed by atoms with Gasteiger partial charge in [-0.1, -0.05) is 13.8 Å². The van der Waals surface area contributed by atoms with E-state index in [9.17, 15) is 4.79 Å². The van der Waals surface area contributed by atoms with Gasteiger partial charge in [0.15, 0.2) is 0 Å². The van der Waals surface area contributed by atoms with Crippen molar-refractivity contribution in [1.82, 2.24) is 29.9 Å². The van der Waals surface area contributed by atoms with Crippen LogP contribution in [0.25, 0.3) is 11.1 Å². The lowest BCUT2D eigenvalue weighted by atomic mass is 10.00. The van der Waals surface area contributed by atoms with Crippen molar-refractivity contribution in [1.29, 1.82) is 0 Å². The van der Waals surface area contributed by atoms with Crippen LogP contribution in [0.15, 0.2) is 30.6 Å². The second-order valence-corrected chi connectivity index (χ2v) is 8.10. The number of aromatic amines is 1. The normalized spacial score (nSPS) is 16.7. The summed E-state index contributed by atoms with van der Waals surface area (Å²) in [6.45, 7) is 10.5. The van der Waals surface area contributed by atoms with Gasteiger partial charge in [-0.15, -0.1) is 0 Å². The summed E-state index contributed by atoms with van der Waals surface area (Å²) in [5, 5.41) is 11.5. The number of nitrogens with one attached hydrogen (secondary N) is 1. The molecule has 0 saturated carbocycles. The minimum atomic E-state index is 0.0176. The number of pyridine rings is 1. The molecule has 1 unspecified atom stereocenters. The summed E-state index contributed by atoms with van der Waals surface area (Å²) in [7, 11) is 0. The number of carbonyl (C=O) groups is 1. The summed E-state index contributed by atoms with van der Waals surface area (Å²) in [5.74, 6) is 0.557. The molecule has 0 bridgehead atoms. The maximum atomic E-state index is 12.9. The number of hydrogen-bond donors (Lipinski definition) is 1. The van der Waals surface area contributed by atoms with Gasteiger partial charge in [0.25, 0.3) is 5.91 Å². The number of nitrogens with zero attached hydrogens (tertiary/aromatic N) is 5. The van der Waals surface area contributed by atoms with E-state index < -0.39 is 0 Å². The summed E-state index contributed by atoms with van der Waals surface area (Å²) < 4.78 is 1.93. The van der Waals surface area contributed by atoms with Crippen LogP contribution in [0.4, 0.5) is 0 Å². The van der Waals surface area contributed by atoms with E-state index in [4.69, 9.17) is 4.98 Å². The number of likely N-dealkylation sites (tertiary alicyclic amines) is 1. The largest absolute Gasteiger partial charge is 0.337 e. The fourth-order valence-electron chi connectivity index (χ4n) is 3.85. The first-order valence-corrected chi connectivity index (χ1v) is 10.3. The number of carbonyl (C=O) groups excluding carboxylic acids is 1. The Labute approximate surface area is 171 Å². The lowest BCUT2D eigenvalue weighted by Crippen LogP contribution is -2.28. The monoisotopic (exact) mass is 392 g/mol. The number of amides is 1. The van der Waals surface area contributed by atoms with E-state index >= 15 is 0 Å². The quantitative estimate of drug-likeness (QED) is 0.717. The molecule has 29 heavy (non-hydrogen) atoms. The molecule has 1 saturated heterocycles. The average molecular weight is 393 g/mol. The molecule has 0 radical (unpaired) electrons. The Morgan fingerprint density at radius 3 is 2.79 bits per heavy atom. The van der Waals surface area contributed by atoms with Crippen molar-refractivity contribution in [3.63, 3.8) is 0 Å². The Bertz CT molecular complexity index is 1020. The number of aryl methyl sites for hydroxylation is 2. The Balaban J connectivity index is 1.51. The van der Waals surface area contributed by atoms with Gasteiger partial charge in [-0.3, -0.25) is 19.6 Å². The summed E-state index contributed by atoms with van der Waals surface area (Å²) >= 11 is 0. The minimum absolute atomic E-state index is 0.0176. The predicted octanol–water partition coefficient (Wildman–Crippen LogP) is 3.75. The SMILES string of the molecule is CCn1cc(-c2cc(C)nc(C3CCN(C(=O)c4cc(C(C)C)n[nH]4)C3)c2)cn1. The van der Waals surface area contributed by atoms with Crippen molar-refractivity contribution >= 4 is 5.91 Å². The van der Waals surface area contributed by atoms with Gasteiger partial charge in [0.2, 0.25) is 0 Å². The third-order valence-electron chi connectivity index (χ3n) is 5.58. The Hall–Kier alpha value is -2.96. The smallest absolute Gasteiger partial charge is 0.271 e. The highest BCUT2D eigenvalue weighted by Crippen LogP contribution is 2.30. The lowest BCUT2D eigenvalue weighted by molar-refractivity contribution is 0.0785. The number of rotatable bonds is 5. The maximum Gasteiger partial charge on any atom is 0.271 e. The van der Waals surface area contributed by atoms with E-state index in [1.807, 2.05) is 28.8 Å². The van der Waals surface area contributed by atoms with Gasteiger partial charge in [-0.25, -0.2) is 0 Å². The Morgan fingerprint density at radius 2 is 2.10 bits per heavy atom. The van der Waals surface area contributed by atoms with Crippen LogP contribution < -0.4 is 0 Å². The van der Waals surface area contributed by atoms with Crippen molar-refractivity contribution in [2.75, 3.05) is 13.1 Å². The van der Waals surface area contributed by atoms with Crippen molar-refractivity contribution in [2.45, 2.75) is 52.5 Å². The average Bonchev–Trinajstić information content (AvgIpc) is 3.47. The molecule has 1 fully saturated rings. The molecule has 3 aromatic heterocycles. The molecule has 0 aromatic carbocycles. The first-order valence-electron chi connectivity index (χ1n) is 10.3. The second-order valence-electron chi connectivity index (χ2n) is 8.10. The molecule has 1 aliphatic heterocycles. The van der Waals surface area contributed by atoms with E-state index in [2.05, 4.69) is 54.4 Å². The van der Waals surface area contributed by atoms with Crippen LogP contribution in [0.2, 0.25) is 0 Å². The van der Waals surface area contributed by atoms with Crippen LogP contribution in [0.5, 0.6) is 0 Å². The van der Waals surface area contributed by atoms with Crippen LogP contribution in [0.3, 0.4) is 0 Å². The number of aromatic nitrogens is 5. The highest BCUT2D eigenvalue weighted by Gasteiger charge is 2.30. The lowest BCUT2D eigenvalue weighted by Gasteiger charge is -2.16. The summed E-state index contributed by atoms with van der Waals surface area (Å²) in [6.07, 6.45) is 4.88. The van der Waals surface area contributed by atoms with Crippen LogP contribution >= 0.6 is 0 Å². The predicted molar refractivity (Wildman–Crippen MR) is 112 cm³/mol. The van der Waals surface area contributed by atoms with Gasteiger partial charge in [0, 0.05) is 48.7 Å². The Kier molecular flexibility index (Phi) is 5.22. The molecular formula is C22H28N6O. The summed E-state index contributed by atoms with van der Waals surface area (Å²) in [4.78, 5) is 19.6. The molecule has 3 aromatic rings. The van der Waals surface area contributed by atoms with Gasteiger partial charge < -0.3 is 4.90 Å². The van der Waals surface area contributed by atoms with Gasteiger partial charge in [0.1, 0.15) is 5.69 Å². The van der Waals surface area contributed by atoms with E-state index in [1.165, 1.54) is 0 Å². The highest BCUT2D eigenvalue weighted by molar-refractivity contribution is 5.92. The zero-order valence-electron chi connectivity index (χ0n) is 17.5. The minimum Gasteiger partial charge on any atom is -0.337 e. The molecular weight excluding hydrogens is 364 g/mol. The third kappa shape index (κ3) is 3.95. The van der Waals surface area contributed by atoms with Gasteiger partial charge >= 0.3 is 0 Å². The second kappa shape index (κ2) is 7.81. The van der Waals surface area contributed by atoms with Crippen molar-refractivity contribution < 1.29 is 4.79 Å². The van der Waals surface area contributed by atoms with Gasteiger partial charge in [-0.05, 0) is 49.9 Å². The molecule has 1 amide bonds. The van der Waals surface area contributed by atoms with E-state index in [0.717, 1.165) is 47.7 Å². The zero-order valence-corrected chi connectivity index (χ0v) is 17.5. The molecule has 1 N–H and O–H groups in total. The highest BCUT2D eigenvalue weighted by atomic mass is 16.2. The summed E-state index contributed by atoms with van der Waals surface area (Å²) in [5.41, 5.74) is 5.75. The van der Waals surface area contributed by atoms with Crippen LogP contribution in [0, 0.1) is 6.92 Å². The maximum absolute atomic E-state index is 12.9. The van der Waals surface area contributed by atoms with Crippen LogP contribution in [0.1, 0.15) is 66.6 Å². The third-order valence-corrected chi connectivity index (χ3v) is 5.58. The molecule has 7 nitrogen and oxygen atoms in total. The van der Waals surface area contributed by atoms with E-state index in [-0.39, 0.29) is 11.8 Å². The van der Waals surface area contributed by atoms with Crippen molar-refractivity contribution in [3.8, 4) is 11.1 Å². The zero-order chi connectivity index (χ0) is 20.5. The van der Waals surface area contributed by atoms with E-state index in [0.29, 0.717) is 18.2 Å². The molecule has 7 heteroatoms. The van der Waals surface area contributed by atoms with Crippen molar-refractivity contribution in [3.05, 3.63) is 53.4 Å². The first-order chi connectivity index (χ1) is 13.9.